The third-order valence-corrected chi connectivity index (χ3v) is 4.61. The number of aliphatic hydroxyl groups excluding tert-OH is 1. The number of hydrogen-bond donors (Lipinski definition) is 1. The predicted octanol–water partition coefficient (Wildman–Crippen LogP) is 3.16. The van der Waals surface area contributed by atoms with Gasteiger partial charge in [-0.05, 0) is 30.5 Å². The van der Waals surface area contributed by atoms with Gasteiger partial charge in [0, 0.05) is 16.3 Å². The van der Waals surface area contributed by atoms with E-state index in [-0.39, 0.29) is 6.61 Å². The Morgan fingerprint density at radius 1 is 1.26 bits per heavy atom. The van der Waals surface area contributed by atoms with Crippen molar-refractivity contribution in [3.8, 4) is 0 Å². The first-order chi connectivity index (χ1) is 9.28. The summed E-state index contributed by atoms with van der Waals surface area (Å²) in [4.78, 5) is 0. The van der Waals surface area contributed by atoms with Crippen molar-refractivity contribution in [1.29, 1.82) is 0 Å². The topological polar surface area (TPSA) is 50.9 Å². The largest absolute Gasteiger partial charge is 0.388 e. The normalized spacial score (nSPS) is 14.8. The van der Waals surface area contributed by atoms with Crippen molar-refractivity contribution in [1.82, 2.24) is 14.8 Å². The Hall–Kier alpha value is -0.850. The zero-order chi connectivity index (χ0) is 13.2. The van der Waals surface area contributed by atoms with E-state index >= 15 is 0 Å². The van der Waals surface area contributed by atoms with Gasteiger partial charge in [0.1, 0.15) is 6.61 Å². The molecule has 0 atom stereocenters. The summed E-state index contributed by atoms with van der Waals surface area (Å²) in [6.45, 7) is -0.0393. The summed E-state index contributed by atoms with van der Waals surface area (Å²) in [6.07, 6.45) is 2.33. The summed E-state index contributed by atoms with van der Waals surface area (Å²) in [5.41, 5.74) is 1.25. The van der Waals surface area contributed by atoms with E-state index in [0.29, 0.717) is 11.9 Å². The van der Waals surface area contributed by atoms with Gasteiger partial charge in [-0.1, -0.05) is 39.8 Å². The van der Waals surface area contributed by atoms with Crippen molar-refractivity contribution in [3.05, 3.63) is 40.1 Å². The molecule has 0 radical (unpaired) electrons. The highest BCUT2D eigenvalue weighted by Crippen LogP contribution is 2.39. The maximum absolute atomic E-state index is 9.29. The fourth-order valence-corrected chi connectivity index (χ4v) is 3.19. The smallest absolute Gasteiger partial charge is 0.191 e. The Balaban J connectivity index is 1.73. The molecule has 2 aromatic rings. The minimum atomic E-state index is -0.0393. The van der Waals surface area contributed by atoms with Crippen LogP contribution < -0.4 is 0 Å². The minimum absolute atomic E-state index is 0.0393. The second-order valence-corrected chi connectivity index (χ2v) is 6.43. The lowest BCUT2D eigenvalue weighted by Crippen LogP contribution is -2.02. The molecule has 0 unspecified atom stereocenters. The third kappa shape index (κ3) is 3.01. The number of nitrogens with zero attached hydrogens (tertiary/aromatic N) is 3. The highest BCUT2D eigenvalue weighted by Gasteiger charge is 2.29. The first-order valence-corrected chi connectivity index (χ1v) is 7.97. The zero-order valence-electron chi connectivity index (χ0n) is 10.3. The van der Waals surface area contributed by atoms with E-state index in [1.54, 1.807) is 11.8 Å². The highest BCUT2D eigenvalue weighted by molar-refractivity contribution is 9.10. The Labute approximate surface area is 124 Å². The molecule has 1 aliphatic rings. The van der Waals surface area contributed by atoms with Gasteiger partial charge in [-0.15, -0.1) is 10.2 Å². The van der Waals surface area contributed by atoms with Crippen molar-refractivity contribution in [2.45, 2.75) is 36.4 Å². The Morgan fingerprint density at radius 3 is 2.63 bits per heavy atom. The van der Waals surface area contributed by atoms with Crippen molar-refractivity contribution in [2.24, 2.45) is 0 Å². The molecule has 0 spiro atoms. The number of aliphatic hydroxyl groups is 1. The molecule has 1 heterocycles. The summed E-state index contributed by atoms with van der Waals surface area (Å²) >= 11 is 5.11. The first kappa shape index (κ1) is 13.1. The number of benzene rings is 1. The molecule has 1 N–H and O–H groups in total. The molecule has 6 heteroatoms. The van der Waals surface area contributed by atoms with Gasteiger partial charge < -0.3 is 9.67 Å². The Bertz CT molecular complexity index is 566. The quantitative estimate of drug-likeness (QED) is 0.850. The SMILES string of the molecule is OCc1nnc(SCc2ccc(Br)cc2)n1C1CC1. The molecule has 0 amide bonds. The van der Waals surface area contributed by atoms with Crippen LogP contribution in [-0.2, 0) is 12.4 Å². The van der Waals surface area contributed by atoms with Gasteiger partial charge in [0.05, 0.1) is 0 Å². The van der Waals surface area contributed by atoms with Crippen LogP contribution in [0.15, 0.2) is 33.9 Å². The number of thioether (sulfide) groups is 1. The van der Waals surface area contributed by atoms with E-state index in [0.717, 1.165) is 28.2 Å². The Kier molecular flexibility index (Phi) is 3.91. The predicted molar refractivity (Wildman–Crippen MR) is 77.9 cm³/mol. The molecule has 1 aliphatic carbocycles. The van der Waals surface area contributed by atoms with E-state index < -0.39 is 0 Å². The lowest BCUT2D eigenvalue weighted by atomic mass is 10.2. The molecule has 1 saturated carbocycles. The molecule has 0 saturated heterocycles. The third-order valence-electron chi connectivity index (χ3n) is 3.07. The molecule has 1 aromatic carbocycles. The fourth-order valence-electron chi connectivity index (χ4n) is 1.94. The van der Waals surface area contributed by atoms with Crippen molar-refractivity contribution in [3.63, 3.8) is 0 Å². The summed E-state index contributed by atoms with van der Waals surface area (Å²) in [6, 6.07) is 8.77. The van der Waals surface area contributed by atoms with E-state index in [4.69, 9.17) is 0 Å². The average molecular weight is 340 g/mol. The summed E-state index contributed by atoms with van der Waals surface area (Å²) < 4.78 is 3.17. The van der Waals surface area contributed by atoms with Crippen LogP contribution in [0, 0.1) is 0 Å². The molecule has 19 heavy (non-hydrogen) atoms. The van der Waals surface area contributed by atoms with Gasteiger partial charge in [-0.2, -0.15) is 0 Å². The number of halogens is 1. The molecule has 3 rings (SSSR count). The average Bonchev–Trinajstić information content (AvgIpc) is 3.18. The lowest BCUT2D eigenvalue weighted by Gasteiger charge is -2.07. The summed E-state index contributed by atoms with van der Waals surface area (Å²) in [7, 11) is 0. The Morgan fingerprint density at radius 2 is 2.00 bits per heavy atom. The number of hydrogen-bond acceptors (Lipinski definition) is 4. The lowest BCUT2D eigenvalue weighted by molar-refractivity contribution is 0.263. The van der Waals surface area contributed by atoms with Crippen LogP contribution in [0.5, 0.6) is 0 Å². The van der Waals surface area contributed by atoms with Gasteiger partial charge in [-0.25, -0.2) is 0 Å². The molecule has 1 aromatic heterocycles. The maximum Gasteiger partial charge on any atom is 0.191 e. The summed E-state index contributed by atoms with van der Waals surface area (Å²) in [5.74, 6) is 1.55. The summed E-state index contributed by atoms with van der Waals surface area (Å²) in [5, 5.41) is 18.4. The maximum atomic E-state index is 9.29. The second kappa shape index (κ2) is 5.64. The number of aromatic nitrogens is 3. The molecular weight excluding hydrogens is 326 g/mol. The highest BCUT2D eigenvalue weighted by atomic mass is 79.9. The van der Waals surface area contributed by atoms with Crippen molar-refractivity contribution in [2.75, 3.05) is 0 Å². The van der Waals surface area contributed by atoms with Crippen LogP contribution in [0.2, 0.25) is 0 Å². The van der Waals surface area contributed by atoms with Crippen LogP contribution in [0.4, 0.5) is 0 Å². The van der Waals surface area contributed by atoms with Crippen LogP contribution in [-0.4, -0.2) is 19.9 Å². The van der Waals surface area contributed by atoms with E-state index in [9.17, 15) is 5.11 Å². The minimum Gasteiger partial charge on any atom is -0.388 e. The monoisotopic (exact) mass is 339 g/mol. The van der Waals surface area contributed by atoms with Gasteiger partial charge in [0.15, 0.2) is 11.0 Å². The van der Waals surface area contributed by atoms with Gasteiger partial charge in [0.2, 0.25) is 0 Å². The first-order valence-electron chi connectivity index (χ1n) is 6.20. The second-order valence-electron chi connectivity index (χ2n) is 4.57. The van der Waals surface area contributed by atoms with Crippen LogP contribution in [0.3, 0.4) is 0 Å². The molecular formula is C13H14BrN3OS. The molecule has 0 bridgehead atoms. The fraction of sp³-hybridized carbons (Fsp3) is 0.385. The standard InChI is InChI=1S/C13H14BrN3OS/c14-10-3-1-9(2-4-10)8-19-13-16-15-12(7-18)17(13)11-5-6-11/h1-4,11,18H,5-8H2. The number of rotatable bonds is 5. The van der Waals surface area contributed by atoms with E-state index in [2.05, 4.69) is 42.8 Å². The molecule has 1 fully saturated rings. The van der Waals surface area contributed by atoms with Crippen molar-refractivity contribution < 1.29 is 5.11 Å². The van der Waals surface area contributed by atoms with Crippen LogP contribution >= 0.6 is 27.7 Å². The zero-order valence-corrected chi connectivity index (χ0v) is 12.7. The van der Waals surface area contributed by atoms with Crippen LogP contribution in [0.1, 0.15) is 30.3 Å². The van der Waals surface area contributed by atoms with Crippen LogP contribution in [0.25, 0.3) is 0 Å². The molecule has 0 aliphatic heterocycles. The van der Waals surface area contributed by atoms with Crippen molar-refractivity contribution >= 4 is 27.7 Å². The van der Waals surface area contributed by atoms with Gasteiger partial charge in [0.25, 0.3) is 0 Å². The van der Waals surface area contributed by atoms with Gasteiger partial charge >= 0.3 is 0 Å². The van der Waals surface area contributed by atoms with Gasteiger partial charge in [-0.3, -0.25) is 0 Å². The molecule has 4 nitrogen and oxygen atoms in total. The van der Waals surface area contributed by atoms with E-state index in [1.807, 2.05) is 12.1 Å². The molecule has 100 valence electrons. The van der Waals surface area contributed by atoms with E-state index in [1.165, 1.54) is 5.56 Å².